The lowest BCUT2D eigenvalue weighted by atomic mass is 10.1. The maximum absolute atomic E-state index is 9.98. The van der Waals surface area contributed by atoms with Crippen molar-refractivity contribution in [3.63, 3.8) is 0 Å². The summed E-state index contributed by atoms with van der Waals surface area (Å²) in [6, 6.07) is 3.72. The molecule has 0 aliphatic heterocycles. The SMILES string of the molecule is Cc1ccsc1C(O)c1ccncn1. The topological polar surface area (TPSA) is 46.0 Å². The number of thiophene rings is 1. The molecule has 0 fully saturated rings. The van der Waals surface area contributed by atoms with Crippen LogP contribution >= 0.6 is 11.3 Å². The Balaban J connectivity index is 2.34. The third kappa shape index (κ3) is 1.66. The summed E-state index contributed by atoms with van der Waals surface area (Å²) >= 11 is 1.54. The van der Waals surface area contributed by atoms with Crippen LogP contribution in [-0.2, 0) is 0 Å². The quantitative estimate of drug-likeness (QED) is 0.816. The van der Waals surface area contributed by atoms with E-state index >= 15 is 0 Å². The number of hydrogen-bond donors (Lipinski definition) is 1. The Kier molecular flexibility index (Phi) is 2.56. The summed E-state index contributed by atoms with van der Waals surface area (Å²) in [5.74, 6) is 0. The van der Waals surface area contributed by atoms with Crippen LogP contribution in [0.3, 0.4) is 0 Å². The van der Waals surface area contributed by atoms with Gasteiger partial charge in [0.2, 0.25) is 0 Å². The molecule has 2 aromatic rings. The molecule has 2 aromatic heterocycles. The van der Waals surface area contributed by atoms with Crippen molar-refractivity contribution in [1.82, 2.24) is 9.97 Å². The maximum Gasteiger partial charge on any atom is 0.130 e. The van der Waals surface area contributed by atoms with E-state index in [1.165, 1.54) is 6.33 Å². The highest BCUT2D eigenvalue weighted by atomic mass is 32.1. The molecule has 2 heterocycles. The Morgan fingerprint density at radius 3 is 2.86 bits per heavy atom. The van der Waals surface area contributed by atoms with E-state index in [0.717, 1.165) is 10.4 Å². The molecule has 14 heavy (non-hydrogen) atoms. The van der Waals surface area contributed by atoms with Crippen molar-refractivity contribution in [3.8, 4) is 0 Å². The minimum Gasteiger partial charge on any atom is -0.381 e. The Labute approximate surface area is 86.1 Å². The molecule has 0 saturated heterocycles. The molecule has 3 nitrogen and oxygen atoms in total. The molecule has 0 radical (unpaired) electrons. The summed E-state index contributed by atoms with van der Waals surface area (Å²) in [6.07, 6.45) is 2.45. The van der Waals surface area contributed by atoms with Crippen LogP contribution in [0.15, 0.2) is 30.0 Å². The molecule has 0 bridgehead atoms. The van der Waals surface area contributed by atoms with Crippen LogP contribution in [0.2, 0.25) is 0 Å². The zero-order valence-corrected chi connectivity index (χ0v) is 8.53. The van der Waals surface area contributed by atoms with Crippen LogP contribution in [0.25, 0.3) is 0 Å². The second-order valence-corrected chi connectivity index (χ2v) is 3.95. The summed E-state index contributed by atoms with van der Waals surface area (Å²) in [5, 5.41) is 11.9. The molecule has 0 saturated carbocycles. The second kappa shape index (κ2) is 3.86. The smallest absolute Gasteiger partial charge is 0.130 e. The van der Waals surface area contributed by atoms with Gasteiger partial charge in [0.05, 0.1) is 5.69 Å². The molecule has 0 aliphatic carbocycles. The van der Waals surface area contributed by atoms with Crippen molar-refractivity contribution in [1.29, 1.82) is 0 Å². The molecule has 1 atom stereocenters. The molecule has 2 rings (SSSR count). The molecule has 1 unspecified atom stereocenters. The molecule has 1 N–H and O–H groups in total. The first-order valence-electron chi connectivity index (χ1n) is 4.27. The number of aromatic nitrogens is 2. The van der Waals surface area contributed by atoms with Crippen molar-refractivity contribution in [2.45, 2.75) is 13.0 Å². The highest BCUT2D eigenvalue weighted by molar-refractivity contribution is 7.10. The molecule has 72 valence electrons. The lowest BCUT2D eigenvalue weighted by Gasteiger charge is -2.08. The Morgan fingerprint density at radius 1 is 1.43 bits per heavy atom. The predicted octanol–water partition coefficient (Wildman–Crippen LogP) is 1.93. The second-order valence-electron chi connectivity index (χ2n) is 3.00. The van der Waals surface area contributed by atoms with Crippen LogP contribution in [0.4, 0.5) is 0 Å². The van der Waals surface area contributed by atoms with Gasteiger partial charge >= 0.3 is 0 Å². The Bertz CT molecular complexity index is 413. The summed E-state index contributed by atoms with van der Waals surface area (Å²) in [5.41, 5.74) is 1.74. The normalized spacial score (nSPS) is 12.7. The number of nitrogens with zero attached hydrogens (tertiary/aromatic N) is 2. The van der Waals surface area contributed by atoms with Gasteiger partial charge in [0, 0.05) is 11.1 Å². The number of aliphatic hydroxyl groups is 1. The first-order chi connectivity index (χ1) is 6.79. The Morgan fingerprint density at radius 2 is 2.29 bits per heavy atom. The summed E-state index contributed by atoms with van der Waals surface area (Å²) < 4.78 is 0. The van der Waals surface area contributed by atoms with Crippen LogP contribution < -0.4 is 0 Å². The minimum atomic E-state index is -0.627. The molecule has 0 amide bonds. The summed E-state index contributed by atoms with van der Waals surface area (Å²) in [6.45, 7) is 1.98. The number of hydrogen-bond acceptors (Lipinski definition) is 4. The van der Waals surface area contributed by atoms with Crippen molar-refractivity contribution in [2.75, 3.05) is 0 Å². The van der Waals surface area contributed by atoms with Gasteiger partial charge in [-0.15, -0.1) is 11.3 Å². The first kappa shape index (κ1) is 9.30. The van der Waals surface area contributed by atoms with Gasteiger partial charge in [-0.1, -0.05) is 0 Å². The zero-order chi connectivity index (χ0) is 9.97. The van der Waals surface area contributed by atoms with Crippen molar-refractivity contribution >= 4 is 11.3 Å². The van der Waals surface area contributed by atoms with Gasteiger partial charge in [-0.25, -0.2) is 9.97 Å². The largest absolute Gasteiger partial charge is 0.381 e. The first-order valence-corrected chi connectivity index (χ1v) is 5.15. The van der Waals surface area contributed by atoms with Crippen LogP contribution in [0.1, 0.15) is 22.2 Å². The average Bonchev–Trinajstić information content (AvgIpc) is 2.65. The molecular formula is C10H10N2OS. The number of rotatable bonds is 2. The summed E-state index contributed by atoms with van der Waals surface area (Å²) in [7, 11) is 0. The highest BCUT2D eigenvalue weighted by Gasteiger charge is 2.14. The van der Waals surface area contributed by atoms with Crippen molar-refractivity contribution in [2.24, 2.45) is 0 Å². The highest BCUT2D eigenvalue weighted by Crippen LogP contribution is 2.27. The van der Waals surface area contributed by atoms with E-state index < -0.39 is 6.10 Å². The molecule has 4 heteroatoms. The standard InChI is InChI=1S/C10H10N2OS/c1-7-3-5-14-10(7)9(13)8-2-4-11-6-12-8/h2-6,9,13H,1H3. The van der Waals surface area contributed by atoms with E-state index in [9.17, 15) is 5.11 Å². The van der Waals surface area contributed by atoms with Crippen molar-refractivity contribution < 1.29 is 5.11 Å². The van der Waals surface area contributed by atoms with Gasteiger partial charge in [-0.2, -0.15) is 0 Å². The van der Waals surface area contributed by atoms with Crippen molar-refractivity contribution in [3.05, 3.63) is 46.2 Å². The van der Waals surface area contributed by atoms with Gasteiger partial charge in [0.15, 0.2) is 0 Å². The number of aliphatic hydroxyl groups excluding tert-OH is 1. The third-order valence-corrected chi connectivity index (χ3v) is 3.11. The molecule has 0 spiro atoms. The fourth-order valence-corrected chi connectivity index (χ4v) is 2.18. The van der Waals surface area contributed by atoms with Crippen LogP contribution in [-0.4, -0.2) is 15.1 Å². The van der Waals surface area contributed by atoms with E-state index in [1.807, 2.05) is 18.4 Å². The third-order valence-electron chi connectivity index (χ3n) is 2.04. The fraction of sp³-hybridized carbons (Fsp3) is 0.200. The van der Waals surface area contributed by atoms with Gasteiger partial charge < -0.3 is 5.11 Å². The van der Waals surface area contributed by atoms with Gasteiger partial charge in [0.25, 0.3) is 0 Å². The lowest BCUT2D eigenvalue weighted by molar-refractivity contribution is 0.218. The zero-order valence-electron chi connectivity index (χ0n) is 7.71. The van der Waals surface area contributed by atoms with E-state index in [-0.39, 0.29) is 0 Å². The minimum absolute atomic E-state index is 0.627. The van der Waals surface area contributed by atoms with E-state index in [0.29, 0.717) is 5.69 Å². The van der Waals surface area contributed by atoms with Crippen LogP contribution in [0.5, 0.6) is 0 Å². The predicted molar refractivity (Wildman–Crippen MR) is 55.1 cm³/mol. The summed E-state index contributed by atoms with van der Waals surface area (Å²) in [4.78, 5) is 8.78. The molecule has 0 aromatic carbocycles. The molecule has 0 aliphatic rings. The number of aryl methyl sites for hydroxylation is 1. The van der Waals surface area contributed by atoms with E-state index in [1.54, 1.807) is 23.6 Å². The van der Waals surface area contributed by atoms with Gasteiger partial charge in [-0.05, 0) is 30.0 Å². The fourth-order valence-electron chi connectivity index (χ4n) is 1.26. The molecular weight excluding hydrogens is 196 g/mol. The monoisotopic (exact) mass is 206 g/mol. The maximum atomic E-state index is 9.98. The van der Waals surface area contributed by atoms with Gasteiger partial charge in [0.1, 0.15) is 12.4 Å². The lowest BCUT2D eigenvalue weighted by Crippen LogP contribution is -2.01. The van der Waals surface area contributed by atoms with Gasteiger partial charge in [-0.3, -0.25) is 0 Å². The van der Waals surface area contributed by atoms with E-state index in [4.69, 9.17) is 0 Å². The Hall–Kier alpha value is -1.26. The average molecular weight is 206 g/mol. The van der Waals surface area contributed by atoms with Crippen LogP contribution in [0, 0.1) is 6.92 Å². The van der Waals surface area contributed by atoms with E-state index in [2.05, 4.69) is 9.97 Å².